The van der Waals surface area contributed by atoms with Gasteiger partial charge in [-0.25, -0.2) is 10.4 Å². The molecule has 0 saturated carbocycles. The highest BCUT2D eigenvalue weighted by Gasteiger charge is 2.08. The van der Waals surface area contributed by atoms with Crippen LogP contribution in [0, 0.1) is 0 Å². The molecule has 6 heteroatoms. The van der Waals surface area contributed by atoms with Crippen LogP contribution in [0.15, 0.2) is 42.0 Å². The zero-order valence-corrected chi connectivity index (χ0v) is 10.9. The number of carbonyl (C=O) groups is 1. The van der Waals surface area contributed by atoms with Gasteiger partial charge in [-0.2, -0.15) is 5.10 Å². The molecule has 0 aromatic carbocycles. The molecule has 3 rings (SSSR count). The Morgan fingerprint density at radius 3 is 3.00 bits per heavy atom. The van der Waals surface area contributed by atoms with E-state index in [1.807, 2.05) is 22.9 Å². The average molecular weight is 272 g/mol. The second-order valence-electron chi connectivity index (χ2n) is 4.12. The number of hydrogen-bond donors (Lipinski definition) is 1. The number of carbonyl (C=O) groups excluding carboxylic acids is 1. The highest BCUT2D eigenvalue weighted by molar-refractivity contribution is 7.15. The van der Waals surface area contributed by atoms with Crippen molar-refractivity contribution in [1.29, 1.82) is 0 Å². The maximum absolute atomic E-state index is 11.0. The first kappa shape index (κ1) is 11.9. The van der Waals surface area contributed by atoms with E-state index in [9.17, 15) is 4.79 Å². The Bertz CT molecular complexity index is 639. The molecule has 19 heavy (non-hydrogen) atoms. The topological polar surface area (TPSA) is 59.3 Å². The SMILES string of the molecule is O=C1CCC(C=Cc2ccc(-n3ccnc3)s2)=NN1. The highest BCUT2D eigenvalue weighted by atomic mass is 32.1. The fourth-order valence-corrected chi connectivity index (χ4v) is 2.61. The summed E-state index contributed by atoms with van der Waals surface area (Å²) in [6.07, 6.45) is 10.6. The van der Waals surface area contributed by atoms with E-state index >= 15 is 0 Å². The van der Waals surface area contributed by atoms with Crippen molar-refractivity contribution in [2.45, 2.75) is 12.8 Å². The molecule has 0 saturated heterocycles. The summed E-state index contributed by atoms with van der Waals surface area (Å²) in [5, 5.41) is 5.12. The number of nitrogens with one attached hydrogen (secondary N) is 1. The number of amides is 1. The van der Waals surface area contributed by atoms with Crippen LogP contribution in [0.25, 0.3) is 11.1 Å². The van der Waals surface area contributed by atoms with Crippen molar-refractivity contribution >= 4 is 29.0 Å². The minimum atomic E-state index is -0.0179. The number of allylic oxidation sites excluding steroid dienone is 1. The second kappa shape index (κ2) is 5.19. The van der Waals surface area contributed by atoms with Gasteiger partial charge in [-0.3, -0.25) is 9.36 Å². The molecule has 1 N–H and O–H groups in total. The van der Waals surface area contributed by atoms with Crippen molar-refractivity contribution < 1.29 is 4.79 Å². The first-order chi connectivity index (χ1) is 9.31. The third-order valence-electron chi connectivity index (χ3n) is 2.74. The first-order valence-corrected chi connectivity index (χ1v) is 6.74. The van der Waals surface area contributed by atoms with Gasteiger partial charge in [0.15, 0.2) is 0 Å². The summed E-state index contributed by atoms with van der Waals surface area (Å²) in [6, 6.07) is 4.11. The van der Waals surface area contributed by atoms with Crippen LogP contribution in [-0.4, -0.2) is 21.2 Å². The molecule has 96 valence electrons. The molecular formula is C13H12N4OS. The van der Waals surface area contributed by atoms with Crippen molar-refractivity contribution in [2.75, 3.05) is 0 Å². The van der Waals surface area contributed by atoms with Gasteiger partial charge in [0.2, 0.25) is 5.91 Å². The summed E-state index contributed by atoms with van der Waals surface area (Å²) in [4.78, 5) is 16.1. The van der Waals surface area contributed by atoms with E-state index in [-0.39, 0.29) is 5.91 Å². The van der Waals surface area contributed by atoms with Gasteiger partial charge in [-0.05, 0) is 24.3 Å². The van der Waals surface area contributed by atoms with Crippen molar-refractivity contribution in [3.05, 3.63) is 41.8 Å². The average Bonchev–Trinajstić information content (AvgIpc) is 3.09. The summed E-state index contributed by atoms with van der Waals surface area (Å²) >= 11 is 1.67. The summed E-state index contributed by atoms with van der Waals surface area (Å²) < 4.78 is 1.97. The van der Waals surface area contributed by atoms with Gasteiger partial charge in [0, 0.05) is 30.1 Å². The Morgan fingerprint density at radius 2 is 2.26 bits per heavy atom. The monoisotopic (exact) mass is 272 g/mol. The molecule has 0 unspecified atom stereocenters. The summed E-state index contributed by atoms with van der Waals surface area (Å²) in [7, 11) is 0. The van der Waals surface area contributed by atoms with E-state index in [0.29, 0.717) is 12.8 Å². The quantitative estimate of drug-likeness (QED) is 0.931. The Morgan fingerprint density at radius 1 is 1.32 bits per heavy atom. The fourth-order valence-electron chi connectivity index (χ4n) is 1.75. The second-order valence-corrected chi connectivity index (χ2v) is 5.21. The van der Waals surface area contributed by atoms with E-state index in [1.165, 1.54) is 0 Å². The number of imidazole rings is 1. The third kappa shape index (κ3) is 2.79. The molecule has 3 heterocycles. The lowest BCUT2D eigenvalue weighted by atomic mass is 10.1. The molecule has 0 spiro atoms. The first-order valence-electron chi connectivity index (χ1n) is 5.93. The standard InChI is InChI=1S/C13H12N4OS/c18-12-5-2-10(15-16-12)1-3-11-4-6-13(19-11)17-8-7-14-9-17/h1,3-4,6-9H,2,5H2,(H,16,18). The van der Waals surface area contributed by atoms with E-state index in [2.05, 4.69) is 27.6 Å². The summed E-state index contributed by atoms with van der Waals surface area (Å²) in [5.74, 6) is -0.0179. The Balaban J connectivity index is 1.72. The van der Waals surface area contributed by atoms with Crippen LogP contribution in [0.5, 0.6) is 0 Å². The molecule has 0 atom stereocenters. The number of aromatic nitrogens is 2. The van der Waals surface area contributed by atoms with Crippen molar-refractivity contribution in [3.63, 3.8) is 0 Å². The van der Waals surface area contributed by atoms with Crippen molar-refractivity contribution in [3.8, 4) is 5.00 Å². The van der Waals surface area contributed by atoms with Gasteiger partial charge in [-0.1, -0.05) is 0 Å². The number of rotatable bonds is 3. The molecule has 0 fully saturated rings. The normalized spacial score (nSPS) is 15.6. The number of nitrogens with zero attached hydrogens (tertiary/aromatic N) is 3. The Kier molecular flexibility index (Phi) is 3.24. The molecular weight excluding hydrogens is 260 g/mol. The van der Waals surface area contributed by atoms with Crippen LogP contribution >= 0.6 is 11.3 Å². The predicted octanol–water partition coefficient (Wildman–Crippen LogP) is 2.21. The summed E-state index contributed by atoms with van der Waals surface area (Å²) in [5.41, 5.74) is 3.38. The predicted molar refractivity (Wildman–Crippen MR) is 75.3 cm³/mol. The number of thiophene rings is 1. The molecule has 0 radical (unpaired) electrons. The molecule has 5 nitrogen and oxygen atoms in total. The van der Waals surface area contributed by atoms with Gasteiger partial charge < -0.3 is 0 Å². The molecule has 0 bridgehead atoms. The summed E-state index contributed by atoms with van der Waals surface area (Å²) in [6.45, 7) is 0. The van der Waals surface area contributed by atoms with Crippen LogP contribution in [0.2, 0.25) is 0 Å². The lowest BCUT2D eigenvalue weighted by molar-refractivity contribution is -0.121. The highest BCUT2D eigenvalue weighted by Crippen LogP contribution is 2.21. The maximum Gasteiger partial charge on any atom is 0.240 e. The van der Waals surface area contributed by atoms with Crippen molar-refractivity contribution in [1.82, 2.24) is 15.0 Å². The fraction of sp³-hybridized carbons (Fsp3) is 0.154. The lowest BCUT2D eigenvalue weighted by Crippen LogP contribution is -2.24. The largest absolute Gasteiger partial charge is 0.298 e. The molecule has 1 aliphatic heterocycles. The van der Waals surface area contributed by atoms with Crippen molar-refractivity contribution in [2.24, 2.45) is 5.10 Å². The minimum Gasteiger partial charge on any atom is -0.298 e. The zero-order valence-electron chi connectivity index (χ0n) is 10.1. The van der Waals surface area contributed by atoms with E-state index in [1.54, 1.807) is 23.9 Å². The van der Waals surface area contributed by atoms with E-state index in [0.717, 1.165) is 15.6 Å². The molecule has 2 aromatic heterocycles. The van der Waals surface area contributed by atoms with Gasteiger partial charge in [-0.15, -0.1) is 11.3 Å². The Labute approximate surface area is 114 Å². The molecule has 1 amide bonds. The van der Waals surface area contributed by atoms with Crippen LogP contribution in [0.4, 0.5) is 0 Å². The zero-order chi connectivity index (χ0) is 13.1. The Hall–Kier alpha value is -2.21. The van der Waals surface area contributed by atoms with Crippen LogP contribution in [0.1, 0.15) is 17.7 Å². The van der Waals surface area contributed by atoms with Gasteiger partial charge in [0.25, 0.3) is 0 Å². The molecule has 2 aromatic rings. The number of hydrazone groups is 1. The number of hydrogen-bond acceptors (Lipinski definition) is 4. The third-order valence-corrected chi connectivity index (χ3v) is 3.81. The molecule has 0 aliphatic carbocycles. The van der Waals surface area contributed by atoms with E-state index in [4.69, 9.17) is 0 Å². The van der Waals surface area contributed by atoms with E-state index < -0.39 is 0 Å². The minimum absolute atomic E-state index is 0.0179. The van der Waals surface area contributed by atoms with Gasteiger partial charge in [0.1, 0.15) is 5.00 Å². The maximum atomic E-state index is 11.0. The van der Waals surface area contributed by atoms with Crippen LogP contribution in [-0.2, 0) is 4.79 Å². The lowest BCUT2D eigenvalue weighted by Gasteiger charge is -2.07. The van der Waals surface area contributed by atoms with Crippen LogP contribution < -0.4 is 5.43 Å². The molecule has 1 aliphatic rings. The van der Waals surface area contributed by atoms with Crippen LogP contribution in [0.3, 0.4) is 0 Å². The smallest absolute Gasteiger partial charge is 0.240 e. The van der Waals surface area contributed by atoms with Gasteiger partial charge >= 0.3 is 0 Å². The van der Waals surface area contributed by atoms with Gasteiger partial charge in [0.05, 0.1) is 12.0 Å².